The van der Waals surface area contributed by atoms with Gasteiger partial charge in [-0.2, -0.15) is 0 Å². The van der Waals surface area contributed by atoms with Crippen LogP contribution in [0.4, 0.5) is 0 Å². The Balaban J connectivity index is 0.000000605. The van der Waals surface area contributed by atoms with Crippen LogP contribution >= 0.6 is 0 Å². The molecule has 0 fully saturated rings. The van der Waals surface area contributed by atoms with Gasteiger partial charge in [0, 0.05) is 0 Å². The molecule has 11 heavy (non-hydrogen) atoms. The Labute approximate surface area is 62.1 Å². The fourth-order valence-electron chi connectivity index (χ4n) is 0.848. The largest absolute Gasteiger partial charge is 0.412 e. The van der Waals surface area contributed by atoms with Crippen LogP contribution in [0.25, 0.3) is 11.0 Å². The maximum absolute atomic E-state index is 8.75. The van der Waals surface area contributed by atoms with Crippen LogP contribution in [0.1, 0.15) is 0 Å². The van der Waals surface area contributed by atoms with Crippen LogP contribution in [0.15, 0.2) is 24.3 Å². The summed E-state index contributed by atoms with van der Waals surface area (Å²) in [6.07, 6.45) is 0. The Kier molecular flexibility index (Phi) is 1.74. The number of aromatic nitrogens is 3. The molecule has 0 spiro atoms. The Bertz CT molecular complexity index is 324. The van der Waals surface area contributed by atoms with Gasteiger partial charge in [-0.15, -0.1) is 10.2 Å². The molecule has 0 radical (unpaired) electrons. The van der Waals surface area contributed by atoms with Gasteiger partial charge < -0.3 is 10.7 Å². The number of rotatable bonds is 0. The van der Waals surface area contributed by atoms with Crippen LogP contribution in [-0.2, 0) is 0 Å². The highest BCUT2D eigenvalue weighted by Gasteiger charge is 1.96. The van der Waals surface area contributed by atoms with Gasteiger partial charge in [0.05, 0.1) is 0 Å². The summed E-state index contributed by atoms with van der Waals surface area (Å²) < 4.78 is 0. The van der Waals surface area contributed by atoms with Gasteiger partial charge >= 0.3 is 0 Å². The third-order valence-electron chi connectivity index (χ3n) is 1.28. The molecule has 58 valence electrons. The van der Waals surface area contributed by atoms with Crippen molar-refractivity contribution in [3.8, 4) is 0 Å². The Morgan fingerprint density at radius 3 is 2.00 bits per heavy atom. The summed E-state index contributed by atoms with van der Waals surface area (Å²) in [6, 6.07) is 7.26. The van der Waals surface area contributed by atoms with E-state index >= 15 is 0 Å². The van der Waals surface area contributed by atoms with E-state index in [9.17, 15) is 0 Å². The summed E-state index contributed by atoms with van der Waals surface area (Å²) in [5, 5.41) is 16.1. The van der Waals surface area contributed by atoms with E-state index < -0.39 is 0 Å². The number of fused-ring (bicyclic) bond motifs is 1. The molecule has 2 aromatic rings. The molecule has 1 aromatic carbocycles. The van der Waals surface area contributed by atoms with Crippen molar-refractivity contribution >= 4 is 11.0 Å². The minimum atomic E-state index is 0. The predicted octanol–water partition coefficient (Wildman–Crippen LogP) is -0.156. The van der Waals surface area contributed by atoms with Crippen LogP contribution in [0.3, 0.4) is 0 Å². The van der Waals surface area contributed by atoms with Crippen LogP contribution in [-0.4, -0.2) is 25.8 Å². The monoisotopic (exact) mass is 153 g/mol. The standard InChI is InChI=1S/C6H5N3O.H2O/c10-9-7-5-3-1-2-4-6(5)8-9;/h1-4,10H;1H2. The van der Waals surface area contributed by atoms with Crippen molar-refractivity contribution in [1.29, 1.82) is 0 Å². The summed E-state index contributed by atoms with van der Waals surface area (Å²) in [7, 11) is 0. The van der Waals surface area contributed by atoms with Crippen molar-refractivity contribution in [3.63, 3.8) is 0 Å². The lowest BCUT2D eigenvalue weighted by Crippen LogP contribution is -1.92. The van der Waals surface area contributed by atoms with E-state index in [2.05, 4.69) is 10.2 Å². The molecule has 1 heterocycles. The van der Waals surface area contributed by atoms with Gasteiger partial charge in [-0.05, 0) is 17.1 Å². The lowest BCUT2D eigenvalue weighted by molar-refractivity contribution is 0.113. The van der Waals surface area contributed by atoms with Crippen molar-refractivity contribution in [2.75, 3.05) is 0 Å². The highest BCUT2D eigenvalue weighted by atomic mass is 16.5. The average Bonchev–Trinajstić information content (AvgIpc) is 2.27. The molecule has 0 bridgehead atoms. The zero-order valence-corrected chi connectivity index (χ0v) is 5.60. The normalized spacial score (nSPS) is 9.45. The molecule has 5 heteroatoms. The molecule has 0 saturated heterocycles. The van der Waals surface area contributed by atoms with Crippen molar-refractivity contribution < 1.29 is 10.7 Å². The highest BCUT2D eigenvalue weighted by Crippen LogP contribution is 2.05. The van der Waals surface area contributed by atoms with E-state index in [1.54, 1.807) is 12.1 Å². The van der Waals surface area contributed by atoms with Crippen molar-refractivity contribution in [3.05, 3.63) is 24.3 Å². The van der Waals surface area contributed by atoms with E-state index in [1.807, 2.05) is 12.1 Å². The molecule has 0 aliphatic heterocycles. The summed E-state index contributed by atoms with van der Waals surface area (Å²) in [5.41, 5.74) is 1.40. The van der Waals surface area contributed by atoms with Gasteiger partial charge in [-0.1, -0.05) is 12.1 Å². The summed E-state index contributed by atoms with van der Waals surface area (Å²) in [4.78, 5) is 0.574. The molecule has 0 atom stereocenters. The second-order valence-corrected chi connectivity index (χ2v) is 1.96. The Morgan fingerprint density at radius 2 is 1.55 bits per heavy atom. The molecular formula is C6H7N3O2. The van der Waals surface area contributed by atoms with Crippen LogP contribution < -0.4 is 0 Å². The van der Waals surface area contributed by atoms with Gasteiger partial charge in [0.15, 0.2) is 0 Å². The van der Waals surface area contributed by atoms with Gasteiger partial charge in [-0.25, -0.2) is 0 Å². The number of nitrogens with zero attached hydrogens (tertiary/aromatic N) is 3. The van der Waals surface area contributed by atoms with Crippen molar-refractivity contribution in [1.82, 2.24) is 15.2 Å². The first-order valence-corrected chi connectivity index (χ1v) is 2.87. The summed E-state index contributed by atoms with van der Waals surface area (Å²) in [5.74, 6) is 0. The minimum Gasteiger partial charge on any atom is -0.412 e. The second-order valence-electron chi connectivity index (χ2n) is 1.96. The molecule has 0 aliphatic carbocycles. The second kappa shape index (κ2) is 2.55. The van der Waals surface area contributed by atoms with Crippen LogP contribution in [0, 0.1) is 0 Å². The van der Waals surface area contributed by atoms with Crippen molar-refractivity contribution in [2.24, 2.45) is 0 Å². The summed E-state index contributed by atoms with van der Waals surface area (Å²) in [6.45, 7) is 0. The van der Waals surface area contributed by atoms with E-state index in [0.717, 1.165) is 0 Å². The number of benzene rings is 1. The summed E-state index contributed by atoms with van der Waals surface area (Å²) >= 11 is 0. The topological polar surface area (TPSA) is 82.4 Å². The SMILES string of the molecule is O.On1nc2ccccc2n1. The molecule has 0 saturated carbocycles. The highest BCUT2D eigenvalue weighted by molar-refractivity contribution is 5.72. The van der Waals surface area contributed by atoms with E-state index in [-0.39, 0.29) is 5.48 Å². The maximum Gasteiger partial charge on any atom is 0.116 e. The van der Waals surface area contributed by atoms with Crippen molar-refractivity contribution in [2.45, 2.75) is 0 Å². The third-order valence-corrected chi connectivity index (χ3v) is 1.28. The predicted molar refractivity (Wildman–Crippen MR) is 38.3 cm³/mol. The molecule has 0 amide bonds. The zero-order chi connectivity index (χ0) is 6.97. The molecule has 0 aliphatic rings. The number of hydrogen-bond donors (Lipinski definition) is 1. The fourth-order valence-corrected chi connectivity index (χ4v) is 0.848. The van der Waals surface area contributed by atoms with E-state index in [1.165, 1.54) is 0 Å². The zero-order valence-electron chi connectivity index (χ0n) is 5.60. The van der Waals surface area contributed by atoms with E-state index in [4.69, 9.17) is 5.21 Å². The van der Waals surface area contributed by atoms with Crippen LogP contribution in [0.5, 0.6) is 0 Å². The van der Waals surface area contributed by atoms with Gasteiger partial charge in [0.1, 0.15) is 11.0 Å². The fraction of sp³-hybridized carbons (Fsp3) is 0. The number of hydrogen-bond acceptors (Lipinski definition) is 3. The van der Waals surface area contributed by atoms with Gasteiger partial charge in [0.2, 0.25) is 0 Å². The Hall–Kier alpha value is -1.62. The first-order chi connectivity index (χ1) is 4.86. The van der Waals surface area contributed by atoms with E-state index in [0.29, 0.717) is 16.0 Å². The molecule has 2 rings (SSSR count). The lowest BCUT2D eigenvalue weighted by Gasteiger charge is -1.77. The van der Waals surface area contributed by atoms with Crippen LogP contribution in [0.2, 0.25) is 0 Å². The molecular weight excluding hydrogens is 146 g/mol. The lowest BCUT2D eigenvalue weighted by atomic mass is 10.3. The maximum atomic E-state index is 8.75. The molecule has 0 unspecified atom stereocenters. The third kappa shape index (κ3) is 1.13. The quantitative estimate of drug-likeness (QED) is 0.534. The van der Waals surface area contributed by atoms with Gasteiger partial charge in [-0.3, -0.25) is 0 Å². The first kappa shape index (κ1) is 7.49. The molecule has 3 N–H and O–H groups in total. The molecule has 1 aromatic heterocycles. The molecule has 5 nitrogen and oxygen atoms in total. The average molecular weight is 153 g/mol. The first-order valence-electron chi connectivity index (χ1n) is 2.87. The smallest absolute Gasteiger partial charge is 0.116 e. The van der Waals surface area contributed by atoms with Gasteiger partial charge in [0.25, 0.3) is 0 Å². The minimum absolute atomic E-state index is 0. The Morgan fingerprint density at radius 1 is 1.09 bits per heavy atom.